The minimum Gasteiger partial charge on any atom is -0.364 e. The summed E-state index contributed by atoms with van der Waals surface area (Å²) in [5.74, 6) is 0.776. The number of nitrogens with zero attached hydrogens (tertiary/aromatic N) is 2. The number of hydrogen-bond acceptors (Lipinski definition) is 4. The summed E-state index contributed by atoms with van der Waals surface area (Å²) in [7, 11) is 0. The molecule has 0 atom stereocenters. The SMILES string of the molecule is Clc1ccc2c(SCc3ccon3)ccnc2c1. The van der Waals surface area contributed by atoms with Crippen molar-refractivity contribution in [3.8, 4) is 0 Å². The van der Waals surface area contributed by atoms with Crippen LogP contribution in [-0.2, 0) is 5.75 Å². The van der Waals surface area contributed by atoms with E-state index < -0.39 is 0 Å². The van der Waals surface area contributed by atoms with E-state index >= 15 is 0 Å². The monoisotopic (exact) mass is 276 g/mol. The average molecular weight is 277 g/mol. The Bertz CT molecular complexity index is 670. The molecule has 0 saturated heterocycles. The Morgan fingerprint density at radius 1 is 1.22 bits per heavy atom. The average Bonchev–Trinajstić information content (AvgIpc) is 2.89. The maximum atomic E-state index is 5.96. The van der Waals surface area contributed by atoms with Gasteiger partial charge in [0, 0.05) is 33.3 Å². The van der Waals surface area contributed by atoms with Gasteiger partial charge in [-0.3, -0.25) is 4.98 Å². The Kier molecular flexibility index (Phi) is 3.21. The van der Waals surface area contributed by atoms with Crippen LogP contribution in [0.25, 0.3) is 10.9 Å². The van der Waals surface area contributed by atoms with E-state index in [1.807, 2.05) is 30.3 Å². The van der Waals surface area contributed by atoms with Crippen molar-refractivity contribution in [3.63, 3.8) is 0 Å². The molecular weight excluding hydrogens is 268 g/mol. The summed E-state index contributed by atoms with van der Waals surface area (Å²) in [5.41, 5.74) is 1.84. The van der Waals surface area contributed by atoms with Crippen LogP contribution in [0.5, 0.6) is 0 Å². The lowest BCUT2D eigenvalue weighted by molar-refractivity contribution is 0.414. The van der Waals surface area contributed by atoms with Crippen LogP contribution in [0.15, 0.2) is 52.2 Å². The summed E-state index contributed by atoms with van der Waals surface area (Å²) in [5, 5.41) is 5.70. The number of hydrogen-bond donors (Lipinski definition) is 0. The third-order valence-electron chi connectivity index (χ3n) is 2.53. The van der Waals surface area contributed by atoms with Gasteiger partial charge < -0.3 is 4.52 Å². The number of fused-ring (bicyclic) bond motifs is 1. The van der Waals surface area contributed by atoms with E-state index in [1.165, 1.54) is 4.90 Å². The molecule has 0 radical (unpaired) electrons. The molecule has 0 fully saturated rings. The third-order valence-corrected chi connectivity index (χ3v) is 3.87. The van der Waals surface area contributed by atoms with Crippen LogP contribution in [0.4, 0.5) is 0 Å². The Morgan fingerprint density at radius 2 is 2.17 bits per heavy atom. The van der Waals surface area contributed by atoms with Crippen molar-refractivity contribution in [1.29, 1.82) is 0 Å². The Hall–Kier alpha value is -1.52. The minimum atomic E-state index is 0.702. The standard InChI is InChI=1S/C13H9ClN2OS/c14-9-1-2-11-12(7-9)15-5-3-13(11)18-8-10-4-6-17-16-10/h1-7H,8H2. The van der Waals surface area contributed by atoms with Gasteiger partial charge in [-0.15, -0.1) is 11.8 Å². The fourth-order valence-corrected chi connectivity index (χ4v) is 2.79. The maximum absolute atomic E-state index is 5.96. The van der Waals surface area contributed by atoms with E-state index in [0.29, 0.717) is 5.02 Å². The minimum absolute atomic E-state index is 0.702. The molecule has 0 aliphatic heterocycles. The number of pyridine rings is 1. The quantitative estimate of drug-likeness (QED) is 0.673. The molecule has 0 spiro atoms. The number of aromatic nitrogens is 2. The zero-order valence-corrected chi connectivity index (χ0v) is 10.9. The molecule has 0 aliphatic carbocycles. The van der Waals surface area contributed by atoms with Crippen LogP contribution in [0.2, 0.25) is 5.02 Å². The normalized spacial score (nSPS) is 10.9. The summed E-state index contributed by atoms with van der Waals surface area (Å²) < 4.78 is 4.81. The Morgan fingerprint density at radius 3 is 3.00 bits per heavy atom. The number of rotatable bonds is 3. The zero-order chi connectivity index (χ0) is 12.4. The van der Waals surface area contributed by atoms with Crippen molar-refractivity contribution in [2.24, 2.45) is 0 Å². The first kappa shape index (κ1) is 11.6. The van der Waals surface area contributed by atoms with Crippen molar-refractivity contribution in [1.82, 2.24) is 10.1 Å². The highest BCUT2D eigenvalue weighted by atomic mass is 35.5. The van der Waals surface area contributed by atoms with Crippen molar-refractivity contribution >= 4 is 34.3 Å². The van der Waals surface area contributed by atoms with E-state index in [4.69, 9.17) is 16.1 Å². The summed E-state index contributed by atoms with van der Waals surface area (Å²) in [4.78, 5) is 5.48. The van der Waals surface area contributed by atoms with Crippen LogP contribution in [0.3, 0.4) is 0 Å². The Balaban J connectivity index is 1.92. The lowest BCUT2D eigenvalue weighted by Gasteiger charge is -2.04. The molecule has 5 heteroatoms. The highest BCUT2D eigenvalue weighted by Crippen LogP contribution is 2.30. The molecule has 2 aromatic heterocycles. The predicted molar refractivity (Wildman–Crippen MR) is 72.8 cm³/mol. The Labute approximate surface area is 113 Å². The second-order valence-corrected chi connectivity index (χ2v) is 5.20. The molecule has 0 unspecified atom stereocenters. The molecule has 0 amide bonds. The number of benzene rings is 1. The molecule has 0 N–H and O–H groups in total. The molecule has 0 aliphatic rings. The van der Waals surface area contributed by atoms with Crippen molar-refractivity contribution < 1.29 is 4.52 Å². The van der Waals surface area contributed by atoms with Gasteiger partial charge in [0.15, 0.2) is 0 Å². The van der Waals surface area contributed by atoms with Crippen molar-refractivity contribution in [2.75, 3.05) is 0 Å². The van der Waals surface area contributed by atoms with Crippen LogP contribution in [0, 0.1) is 0 Å². The van der Waals surface area contributed by atoms with E-state index in [9.17, 15) is 0 Å². The first-order valence-electron chi connectivity index (χ1n) is 5.39. The molecule has 90 valence electrons. The van der Waals surface area contributed by atoms with Gasteiger partial charge in [-0.2, -0.15) is 0 Å². The van der Waals surface area contributed by atoms with Gasteiger partial charge in [0.1, 0.15) is 6.26 Å². The van der Waals surface area contributed by atoms with Gasteiger partial charge in [-0.05, 0) is 18.2 Å². The first-order chi connectivity index (χ1) is 8.83. The van der Waals surface area contributed by atoms with E-state index in [-0.39, 0.29) is 0 Å². The summed E-state index contributed by atoms with van der Waals surface area (Å²) in [6.07, 6.45) is 3.38. The lowest BCUT2D eigenvalue weighted by atomic mass is 10.2. The molecule has 2 heterocycles. The summed E-state index contributed by atoms with van der Waals surface area (Å²) in [6.45, 7) is 0. The number of halogens is 1. The van der Waals surface area contributed by atoms with Crippen LogP contribution in [0.1, 0.15) is 5.69 Å². The fraction of sp³-hybridized carbons (Fsp3) is 0.0769. The van der Waals surface area contributed by atoms with Crippen molar-refractivity contribution in [2.45, 2.75) is 10.6 Å². The maximum Gasteiger partial charge on any atom is 0.124 e. The van der Waals surface area contributed by atoms with Gasteiger partial charge in [0.25, 0.3) is 0 Å². The molecule has 18 heavy (non-hydrogen) atoms. The lowest BCUT2D eigenvalue weighted by Crippen LogP contribution is -1.84. The highest BCUT2D eigenvalue weighted by molar-refractivity contribution is 7.98. The van der Waals surface area contributed by atoms with Gasteiger partial charge in [-0.1, -0.05) is 22.8 Å². The van der Waals surface area contributed by atoms with Gasteiger partial charge in [-0.25, -0.2) is 0 Å². The van der Waals surface area contributed by atoms with Gasteiger partial charge in [0.05, 0.1) is 11.2 Å². The third kappa shape index (κ3) is 2.35. The fourth-order valence-electron chi connectivity index (χ4n) is 1.68. The summed E-state index contributed by atoms with van der Waals surface area (Å²) >= 11 is 7.67. The molecular formula is C13H9ClN2OS. The molecule has 1 aromatic carbocycles. The molecule has 0 bridgehead atoms. The summed E-state index contributed by atoms with van der Waals surface area (Å²) in [6, 6.07) is 9.62. The van der Waals surface area contributed by atoms with E-state index in [2.05, 4.69) is 10.1 Å². The van der Waals surface area contributed by atoms with Crippen LogP contribution >= 0.6 is 23.4 Å². The van der Waals surface area contributed by atoms with Crippen LogP contribution < -0.4 is 0 Å². The van der Waals surface area contributed by atoms with Gasteiger partial charge >= 0.3 is 0 Å². The van der Waals surface area contributed by atoms with E-state index in [1.54, 1.807) is 24.2 Å². The largest absolute Gasteiger partial charge is 0.364 e. The topological polar surface area (TPSA) is 38.9 Å². The van der Waals surface area contributed by atoms with Crippen molar-refractivity contribution in [3.05, 3.63) is 53.5 Å². The zero-order valence-electron chi connectivity index (χ0n) is 9.34. The molecule has 3 rings (SSSR count). The van der Waals surface area contributed by atoms with E-state index in [0.717, 1.165) is 22.3 Å². The van der Waals surface area contributed by atoms with Gasteiger partial charge in [0.2, 0.25) is 0 Å². The molecule has 3 aromatic rings. The smallest absolute Gasteiger partial charge is 0.124 e. The molecule has 0 saturated carbocycles. The second kappa shape index (κ2) is 5.00. The molecule has 3 nitrogen and oxygen atoms in total. The second-order valence-electron chi connectivity index (χ2n) is 3.75. The van der Waals surface area contributed by atoms with Crippen LogP contribution in [-0.4, -0.2) is 10.1 Å². The number of thioether (sulfide) groups is 1. The predicted octanol–water partition coefficient (Wildman–Crippen LogP) is 4.17. The highest BCUT2D eigenvalue weighted by Gasteiger charge is 2.05. The first-order valence-corrected chi connectivity index (χ1v) is 6.75.